The third-order valence-electron chi connectivity index (χ3n) is 3.44. The first-order chi connectivity index (χ1) is 9.72. The van der Waals surface area contributed by atoms with Crippen LogP contribution in [0.5, 0.6) is 5.75 Å². The molecule has 0 bridgehead atoms. The average Bonchev–Trinajstić information content (AvgIpc) is 2.85. The summed E-state index contributed by atoms with van der Waals surface area (Å²) in [7, 11) is 7.41. The Morgan fingerprint density at radius 2 is 1.85 bits per heavy atom. The van der Waals surface area contributed by atoms with Gasteiger partial charge in [0, 0.05) is 9.58 Å². The number of hydrogen-bond donors (Lipinski definition) is 0. The van der Waals surface area contributed by atoms with Crippen molar-refractivity contribution in [3.8, 4) is 16.2 Å². The number of benzene rings is 2. The molecule has 0 unspecified atom stereocenters. The summed E-state index contributed by atoms with van der Waals surface area (Å²) in [5.74, 6) is 0.692. The van der Waals surface area contributed by atoms with E-state index in [1.165, 1.54) is 31.6 Å². The van der Waals surface area contributed by atoms with E-state index in [1.807, 2.05) is 12.1 Å². The lowest BCUT2D eigenvalue weighted by molar-refractivity contribution is 0.617. The van der Waals surface area contributed by atoms with E-state index in [2.05, 4.69) is 51.4 Å². The Morgan fingerprint density at radius 1 is 1.10 bits per heavy atom. The molecule has 0 amide bonds. The molecule has 1 nitrogen and oxygen atoms in total. The second-order valence-electron chi connectivity index (χ2n) is 4.78. The minimum atomic E-state index is 0.692. The van der Waals surface area contributed by atoms with E-state index < -0.39 is 0 Å². The molecule has 1 heterocycles. The molecule has 0 fully saturated rings. The smallest absolute Gasteiger partial charge is 0.374 e. The molecule has 4 heteroatoms. The van der Waals surface area contributed by atoms with Gasteiger partial charge in [-0.1, -0.05) is 48.2 Å². The summed E-state index contributed by atoms with van der Waals surface area (Å²) in [6, 6.07) is 14.6. The minimum Gasteiger partial charge on any atom is -0.568 e. The van der Waals surface area contributed by atoms with Crippen molar-refractivity contribution in [2.24, 2.45) is 0 Å². The zero-order chi connectivity index (χ0) is 14.1. The lowest BCUT2D eigenvalue weighted by Crippen LogP contribution is -2.11. The minimum absolute atomic E-state index is 0.692. The van der Waals surface area contributed by atoms with Crippen molar-refractivity contribution in [2.45, 2.75) is 13.7 Å². The highest BCUT2D eigenvalue weighted by Gasteiger charge is 2.13. The lowest BCUT2D eigenvalue weighted by atomic mass is 9.71. The Kier molecular flexibility index (Phi) is 3.58. The molecular formula is C16H13B2OS. The van der Waals surface area contributed by atoms with Gasteiger partial charge in [-0.2, -0.15) is 0 Å². The summed E-state index contributed by atoms with van der Waals surface area (Å²) in [4.78, 5) is 1.29. The van der Waals surface area contributed by atoms with E-state index in [-0.39, 0.29) is 0 Å². The maximum Gasteiger partial charge on any atom is 0.374 e. The lowest BCUT2D eigenvalue weighted by Gasteiger charge is -2.03. The topological polar surface area (TPSA) is 9.23 Å². The second kappa shape index (κ2) is 5.37. The van der Waals surface area contributed by atoms with E-state index in [4.69, 9.17) is 12.7 Å². The van der Waals surface area contributed by atoms with Crippen LogP contribution >= 0.6 is 11.3 Å². The fourth-order valence-corrected chi connectivity index (χ4v) is 3.65. The molecule has 3 aromatic rings. The number of aryl methyl sites for hydroxylation is 1. The third-order valence-corrected chi connectivity index (χ3v) is 4.66. The van der Waals surface area contributed by atoms with E-state index in [0.717, 1.165) is 0 Å². The van der Waals surface area contributed by atoms with Gasteiger partial charge >= 0.3 is 8.05 Å². The van der Waals surface area contributed by atoms with Crippen LogP contribution in [0.3, 0.4) is 0 Å². The average molecular weight is 275 g/mol. The SMILES string of the molecule is [B]Oc1ccc2c([B]C)c(-c3ccc(C)cc3)sc2c1. The Labute approximate surface area is 125 Å². The van der Waals surface area contributed by atoms with Crippen molar-refractivity contribution in [2.75, 3.05) is 0 Å². The van der Waals surface area contributed by atoms with Gasteiger partial charge < -0.3 is 4.65 Å². The Bertz CT molecular complexity index is 747. The first-order valence-corrected chi connectivity index (χ1v) is 7.34. The van der Waals surface area contributed by atoms with Crippen molar-refractivity contribution < 1.29 is 4.65 Å². The van der Waals surface area contributed by atoms with Crippen LogP contribution in [0, 0.1) is 6.92 Å². The van der Waals surface area contributed by atoms with Gasteiger partial charge in [0.1, 0.15) is 0 Å². The molecule has 0 aliphatic heterocycles. The summed E-state index contributed by atoms with van der Waals surface area (Å²) >= 11 is 1.77. The molecule has 0 aliphatic carbocycles. The summed E-state index contributed by atoms with van der Waals surface area (Å²) in [5, 5.41) is 1.24. The molecule has 20 heavy (non-hydrogen) atoms. The van der Waals surface area contributed by atoms with Gasteiger partial charge in [0.15, 0.2) is 7.28 Å². The van der Waals surface area contributed by atoms with Crippen LogP contribution < -0.4 is 10.1 Å². The Balaban J connectivity index is 2.21. The van der Waals surface area contributed by atoms with Crippen molar-refractivity contribution in [3.63, 3.8) is 0 Å². The summed E-state index contributed by atoms with van der Waals surface area (Å²) < 4.78 is 6.01. The maximum absolute atomic E-state index is 5.24. The molecule has 3 radical (unpaired) electrons. The first-order valence-electron chi connectivity index (χ1n) is 6.52. The molecular weight excluding hydrogens is 262 g/mol. The summed E-state index contributed by atoms with van der Waals surface area (Å²) in [6.07, 6.45) is 0. The summed E-state index contributed by atoms with van der Waals surface area (Å²) in [6.45, 7) is 4.18. The molecule has 0 aliphatic rings. The van der Waals surface area contributed by atoms with Crippen molar-refractivity contribution in [3.05, 3.63) is 48.0 Å². The van der Waals surface area contributed by atoms with Gasteiger partial charge in [-0.05, 0) is 30.0 Å². The molecule has 2 aromatic carbocycles. The number of hydrogen-bond acceptors (Lipinski definition) is 2. The molecule has 1 aromatic heterocycles. The maximum atomic E-state index is 5.24. The zero-order valence-corrected chi connectivity index (χ0v) is 12.3. The Hall–Kier alpha value is -1.67. The summed E-state index contributed by atoms with van der Waals surface area (Å²) in [5.41, 5.74) is 3.80. The molecule has 0 spiro atoms. The largest absolute Gasteiger partial charge is 0.568 e. The van der Waals surface area contributed by atoms with Crippen LogP contribution in [0.25, 0.3) is 20.5 Å². The normalized spacial score (nSPS) is 10.7. The van der Waals surface area contributed by atoms with Gasteiger partial charge in [-0.25, -0.2) is 0 Å². The standard InChI is InChI=1S/C16H13B2OS/c1-10-3-5-11(6-4-10)16-15(18-2)13-8-7-12(19-17)9-14(13)20-16/h3-9H,1-2H3. The van der Waals surface area contributed by atoms with E-state index in [0.29, 0.717) is 5.75 Å². The van der Waals surface area contributed by atoms with Gasteiger partial charge in [0.25, 0.3) is 0 Å². The van der Waals surface area contributed by atoms with Crippen LogP contribution in [0.2, 0.25) is 6.82 Å². The molecule has 0 saturated carbocycles. The molecule has 0 N–H and O–H groups in total. The van der Waals surface area contributed by atoms with Crippen LogP contribution in [-0.2, 0) is 0 Å². The predicted molar refractivity (Wildman–Crippen MR) is 89.6 cm³/mol. The number of rotatable bonds is 3. The fourth-order valence-electron chi connectivity index (χ4n) is 2.38. The number of fused-ring (bicyclic) bond motifs is 1. The third kappa shape index (κ3) is 2.25. The molecule has 0 saturated heterocycles. The zero-order valence-electron chi connectivity index (χ0n) is 11.5. The van der Waals surface area contributed by atoms with Crippen LogP contribution in [-0.4, -0.2) is 15.3 Å². The van der Waals surface area contributed by atoms with Gasteiger partial charge in [-0.15, -0.1) is 11.3 Å². The van der Waals surface area contributed by atoms with Crippen LogP contribution in [0.1, 0.15) is 5.56 Å². The van der Waals surface area contributed by atoms with E-state index in [9.17, 15) is 0 Å². The second-order valence-corrected chi connectivity index (χ2v) is 5.83. The van der Waals surface area contributed by atoms with Crippen LogP contribution in [0.15, 0.2) is 42.5 Å². The van der Waals surface area contributed by atoms with Gasteiger partial charge in [-0.3, -0.25) is 0 Å². The number of thiophene rings is 1. The highest BCUT2D eigenvalue weighted by Crippen LogP contribution is 2.33. The fraction of sp³-hybridized carbons (Fsp3) is 0.125. The first kappa shape index (κ1) is 13.3. The monoisotopic (exact) mass is 275 g/mol. The van der Waals surface area contributed by atoms with Crippen molar-refractivity contribution in [1.82, 2.24) is 0 Å². The molecule has 0 atom stereocenters. The van der Waals surface area contributed by atoms with Crippen molar-refractivity contribution >= 4 is 42.2 Å². The van der Waals surface area contributed by atoms with Gasteiger partial charge in [0.2, 0.25) is 0 Å². The Morgan fingerprint density at radius 3 is 2.50 bits per heavy atom. The van der Waals surface area contributed by atoms with Crippen molar-refractivity contribution in [1.29, 1.82) is 0 Å². The molecule has 3 rings (SSSR count). The predicted octanol–water partition coefficient (Wildman–Crippen LogP) is 3.72. The quantitative estimate of drug-likeness (QED) is 0.662. The van der Waals surface area contributed by atoms with E-state index >= 15 is 0 Å². The molecule has 95 valence electrons. The highest BCUT2D eigenvalue weighted by atomic mass is 32.1. The van der Waals surface area contributed by atoms with Crippen LogP contribution in [0.4, 0.5) is 0 Å². The highest BCUT2D eigenvalue weighted by molar-refractivity contribution is 7.24. The van der Waals surface area contributed by atoms with Gasteiger partial charge in [0.05, 0.1) is 5.75 Å². The van der Waals surface area contributed by atoms with E-state index in [1.54, 1.807) is 11.3 Å².